The highest BCUT2D eigenvalue weighted by molar-refractivity contribution is 5.31. The topological polar surface area (TPSA) is 40.5 Å². The number of hydrogen-bond acceptors (Lipinski definition) is 2. The zero-order chi connectivity index (χ0) is 13.2. The van der Waals surface area contributed by atoms with Crippen molar-refractivity contribution in [1.82, 2.24) is 0 Å². The Kier molecular flexibility index (Phi) is 3.34. The zero-order valence-electron chi connectivity index (χ0n) is 10.1. The summed E-state index contributed by atoms with van der Waals surface area (Å²) in [5.74, 6) is -0.158. The molecule has 0 radical (unpaired) electrons. The van der Waals surface area contributed by atoms with Crippen LogP contribution in [0.4, 0.5) is 4.39 Å². The van der Waals surface area contributed by atoms with Crippen LogP contribution in [0.2, 0.25) is 0 Å². The summed E-state index contributed by atoms with van der Waals surface area (Å²) in [7, 11) is 0. The normalized spacial score (nSPS) is 14.2. The predicted octanol–water partition coefficient (Wildman–Crippen LogP) is 2.98. The SMILES string of the molecule is CC(O)(Cc1cccc(F)c1)c1ccc(O)cc1. The molecule has 0 aliphatic carbocycles. The number of halogens is 1. The van der Waals surface area contributed by atoms with Gasteiger partial charge in [-0.3, -0.25) is 0 Å². The summed E-state index contributed by atoms with van der Waals surface area (Å²) in [6.45, 7) is 1.67. The van der Waals surface area contributed by atoms with Gasteiger partial charge in [0.2, 0.25) is 0 Å². The van der Waals surface area contributed by atoms with Gasteiger partial charge in [0.25, 0.3) is 0 Å². The lowest BCUT2D eigenvalue weighted by molar-refractivity contribution is 0.0575. The molecule has 94 valence electrons. The maximum Gasteiger partial charge on any atom is 0.123 e. The minimum atomic E-state index is -1.10. The maximum atomic E-state index is 13.1. The van der Waals surface area contributed by atoms with Gasteiger partial charge < -0.3 is 10.2 Å². The van der Waals surface area contributed by atoms with Gasteiger partial charge >= 0.3 is 0 Å². The van der Waals surface area contributed by atoms with Gasteiger partial charge in [0, 0.05) is 6.42 Å². The van der Waals surface area contributed by atoms with Gasteiger partial charge in [-0.1, -0.05) is 24.3 Å². The second-order valence-corrected chi connectivity index (χ2v) is 4.63. The molecule has 0 amide bonds. The Bertz CT molecular complexity index is 532. The molecule has 0 bridgehead atoms. The Morgan fingerprint density at radius 2 is 1.78 bits per heavy atom. The summed E-state index contributed by atoms with van der Waals surface area (Å²) < 4.78 is 13.1. The highest BCUT2D eigenvalue weighted by Crippen LogP contribution is 2.26. The highest BCUT2D eigenvalue weighted by Gasteiger charge is 2.23. The van der Waals surface area contributed by atoms with E-state index >= 15 is 0 Å². The minimum absolute atomic E-state index is 0.153. The monoisotopic (exact) mass is 246 g/mol. The average Bonchev–Trinajstić information content (AvgIpc) is 2.29. The molecule has 18 heavy (non-hydrogen) atoms. The van der Waals surface area contributed by atoms with Crippen molar-refractivity contribution in [1.29, 1.82) is 0 Å². The summed E-state index contributed by atoms with van der Waals surface area (Å²) in [5.41, 5.74) is 0.319. The van der Waals surface area contributed by atoms with Gasteiger partial charge in [-0.2, -0.15) is 0 Å². The fraction of sp³-hybridized carbons (Fsp3) is 0.200. The van der Waals surface area contributed by atoms with Gasteiger partial charge in [-0.25, -0.2) is 4.39 Å². The second-order valence-electron chi connectivity index (χ2n) is 4.63. The standard InChI is InChI=1S/C15H15FO2/c1-15(18,12-5-7-14(17)8-6-12)10-11-3-2-4-13(16)9-11/h2-9,17-18H,10H2,1H3. The molecular formula is C15H15FO2. The van der Waals surface area contributed by atoms with Gasteiger partial charge in [-0.15, -0.1) is 0 Å². The summed E-state index contributed by atoms with van der Waals surface area (Å²) in [5, 5.41) is 19.6. The number of hydrogen-bond donors (Lipinski definition) is 2. The van der Waals surface area contributed by atoms with Crippen LogP contribution in [0.5, 0.6) is 5.75 Å². The van der Waals surface area contributed by atoms with Crippen LogP contribution >= 0.6 is 0 Å². The molecule has 2 N–H and O–H groups in total. The summed E-state index contributed by atoms with van der Waals surface area (Å²) in [6, 6.07) is 12.6. The average molecular weight is 246 g/mol. The van der Waals surface area contributed by atoms with Crippen molar-refractivity contribution in [3.8, 4) is 5.75 Å². The van der Waals surface area contributed by atoms with Crippen LogP contribution in [0.25, 0.3) is 0 Å². The third kappa shape index (κ3) is 2.87. The Morgan fingerprint density at radius 3 is 2.39 bits per heavy atom. The van der Waals surface area contributed by atoms with Crippen molar-refractivity contribution in [2.75, 3.05) is 0 Å². The first-order chi connectivity index (χ1) is 8.47. The van der Waals surface area contributed by atoms with E-state index in [1.165, 1.54) is 24.3 Å². The Morgan fingerprint density at radius 1 is 1.11 bits per heavy atom. The summed E-state index contributed by atoms with van der Waals surface area (Å²) >= 11 is 0. The zero-order valence-corrected chi connectivity index (χ0v) is 10.1. The van der Waals surface area contributed by atoms with Crippen molar-refractivity contribution in [2.24, 2.45) is 0 Å². The number of aromatic hydroxyl groups is 1. The van der Waals surface area contributed by atoms with Crippen LogP contribution in [0, 0.1) is 5.82 Å². The number of aliphatic hydroxyl groups is 1. The molecule has 0 heterocycles. The molecular weight excluding hydrogens is 231 g/mol. The Balaban J connectivity index is 2.23. The fourth-order valence-corrected chi connectivity index (χ4v) is 1.97. The summed E-state index contributed by atoms with van der Waals surface area (Å²) in [6.07, 6.45) is 0.315. The molecule has 2 rings (SSSR count). The first-order valence-corrected chi connectivity index (χ1v) is 5.74. The van der Waals surface area contributed by atoms with E-state index in [0.717, 1.165) is 5.56 Å². The van der Waals surface area contributed by atoms with Crippen LogP contribution in [0.3, 0.4) is 0 Å². The highest BCUT2D eigenvalue weighted by atomic mass is 19.1. The van der Waals surface area contributed by atoms with Gasteiger partial charge in [0.1, 0.15) is 11.6 Å². The lowest BCUT2D eigenvalue weighted by atomic mass is 9.89. The molecule has 1 unspecified atom stereocenters. The number of phenols is 1. The van der Waals surface area contributed by atoms with E-state index in [-0.39, 0.29) is 11.6 Å². The molecule has 1 atom stereocenters. The molecule has 0 aliphatic heterocycles. The Hall–Kier alpha value is -1.87. The van der Waals surface area contributed by atoms with Crippen molar-refractivity contribution >= 4 is 0 Å². The van der Waals surface area contributed by atoms with Crippen LogP contribution in [-0.2, 0) is 12.0 Å². The molecule has 0 fully saturated rings. The first-order valence-electron chi connectivity index (χ1n) is 5.74. The van der Waals surface area contributed by atoms with Crippen LogP contribution in [0.15, 0.2) is 48.5 Å². The molecule has 3 heteroatoms. The largest absolute Gasteiger partial charge is 0.508 e. The molecule has 0 spiro atoms. The summed E-state index contributed by atoms with van der Waals surface area (Å²) in [4.78, 5) is 0. The van der Waals surface area contributed by atoms with E-state index in [9.17, 15) is 14.6 Å². The van der Waals surface area contributed by atoms with Crippen molar-refractivity contribution in [3.63, 3.8) is 0 Å². The van der Waals surface area contributed by atoms with Crippen LogP contribution in [-0.4, -0.2) is 10.2 Å². The lowest BCUT2D eigenvalue weighted by Gasteiger charge is -2.24. The third-order valence-electron chi connectivity index (χ3n) is 2.93. The van der Waals surface area contributed by atoms with E-state index in [1.807, 2.05) is 0 Å². The quantitative estimate of drug-likeness (QED) is 0.874. The van der Waals surface area contributed by atoms with Crippen molar-refractivity contribution < 1.29 is 14.6 Å². The second kappa shape index (κ2) is 4.78. The molecule has 2 nitrogen and oxygen atoms in total. The molecule has 0 aliphatic rings. The number of benzene rings is 2. The van der Waals surface area contributed by atoms with Crippen LogP contribution < -0.4 is 0 Å². The maximum absolute atomic E-state index is 13.1. The Labute approximate surface area is 105 Å². The van der Waals surface area contributed by atoms with E-state index in [1.54, 1.807) is 31.2 Å². The number of rotatable bonds is 3. The minimum Gasteiger partial charge on any atom is -0.508 e. The van der Waals surface area contributed by atoms with E-state index in [4.69, 9.17) is 0 Å². The number of phenolic OH excluding ortho intramolecular Hbond substituents is 1. The van der Waals surface area contributed by atoms with E-state index in [0.29, 0.717) is 12.0 Å². The van der Waals surface area contributed by atoms with E-state index < -0.39 is 5.60 Å². The van der Waals surface area contributed by atoms with E-state index in [2.05, 4.69) is 0 Å². The van der Waals surface area contributed by atoms with Gasteiger partial charge in [0.15, 0.2) is 0 Å². The molecule has 0 saturated heterocycles. The molecule has 2 aromatic rings. The van der Waals surface area contributed by atoms with Crippen molar-refractivity contribution in [3.05, 3.63) is 65.5 Å². The smallest absolute Gasteiger partial charge is 0.123 e. The van der Waals surface area contributed by atoms with Gasteiger partial charge in [0.05, 0.1) is 5.60 Å². The lowest BCUT2D eigenvalue weighted by Crippen LogP contribution is -2.24. The van der Waals surface area contributed by atoms with Crippen molar-refractivity contribution in [2.45, 2.75) is 18.9 Å². The molecule has 0 aromatic heterocycles. The predicted molar refractivity (Wildman–Crippen MR) is 67.8 cm³/mol. The van der Waals surface area contributed by atoms with Crippen LogP contribution in [0.1, 0.15) is 18.1 Å². The third-order valence-corrected chi connectivity index (χ3v) is 2.93. The van der Waals surface area contributed by atoms with Gasteiger partial charge in [-0.05, 0) is 42.3 Å². The first kappa shape index (κ1) is 12.6. The molecule has 2 aromatic carbocycles. The molecule has 0 saturated carbocycles. The fourth-order valence-electron chi connectivity index (χ4n) is 1.97.